The lowest BCUT2D eigenvalue weighted by Crippen LogP contribution is -2.20. The van der Waals surface area contributed by atoms with E-state index in [2.05, 4.69) is 25.2 Å². The van der Waals surface area contributed by atoms with Crippen LogP contribution in [0.2, 0.25) is 0 Å². The average molecular weight is 267 g/mol. The molecular weight excluding hydrogens is 254 g/mol. The molecule has 3 N–H and O–H groups in total. The first-order valence-electron chi connectivity index (χ1n) is 5.24. The Labute approximate surface area is 105 Å². The summed E-state index contributed by atoms with van der Waals surface area (Å²) < 4.78 is 25.9. The van der Waals surface area contributed by atoms with Crippen molar-refractivity contribution in [2.75, 3.05) is 12.4 Å². The zero-order chi connectivity index (χ0) is 13.0. The summed E-state index contributed by atoms with van der Waals surface area (Å²) in [6.45, 7) is 0.371. The van der Waals surface area contributed by atoms with Gasteiger partial charge in [-0.25, -0.2) is 18.1 Å². The Balaban J connectivity index is 2.23. The lowest BCUT2D eigenvalue weighted by atomic mass is 10.3. The molecule has 0 fully saturated rings. The van der Waals surface area contributed by atoms with E-state index in [1.54, 1.807) is 18.2 Å². The molecule has 2 rings (SSSR count). The van der Waals surface area contributed by atoms with Gasteiger partial charge in [-0.15, -0.1) is 0 Å². The molecule has 7 nitrogen and oxygen atoms in total. The van der Waals surface area contributed by atoms with E-state index in [4.69, 9.17) is 0 Å². The highest BCUT2D eigenvalue weighted by Crippen LogP contribution is 2.20. The highest BCUT2D eigenvalue weighted by molar-refractivity contribution is 7.89. The van der Waals surface area contributed by atoms with Gasteiger partial charge in [-0.3, -0.25) is 5.10 Å². The molecule has 0 spiro atoms. The van der Waals surface area contributed by atoms with Gasteiger partial charge in [0.1, 0.15) is 17.0 Å². The van der Waals surface area contributed by atoms with Crippen LogP contribution in [0.25, 0.3) is 0 Å². The fourth-order valence-corrected chi connectivity index (χ4v) is 2.36. The summed E-state index contributed by atoms with van der Waals surface area (Å²) in [5.41, 5.74) is 0.517. The molecule has 1 heterocycles. The van der Waals surface area contributed by atoms with Gasteiger partial charge in [0, 0.05) is 0 Å². The lowest BCUT2D eigenvalue weighted by Gasteiger charge is -2.10. The van der Waals surface area contributed by atoms with Gasteiger partial charge in [0.25, 0.3) is 0 Å². The second-order valence-electron chi connectivity index (χ2n) is 3.49. The molecule has 0 saturated carbocycles. The van der Waals surface area contributed by atoms with Crippen LogP contribution in [0.4, 0.5) is 5.69 Å². The zero-order valence-electron chi connectivity index (χ0n) is 9.71. The number of rotatable bonds is 5. The van der Waals surface area contributed by atoms with Crippen molar-refractivity contribution in [3.05, 3.63) is 36.4 Å². The fourth-order valence-electron chi connectivity index (χ4n) is 1.45. The first kappa shape index (κ1) is 12.5. The van der Waals surface area contributed by atoms with Crippen LogP contribution in [-0.2, 0) is 16.6 Å². The van der Waals surface area contributed by atoms with Gasteiger partial charge in [-0.05, 0) is 19.2 Å². The molecule has 0 aliphatic rings. The Kier molecular flexibility index (Phi) is 3.58. The summed E-state index contributed by atoms with van der Waals surface area (Å²) in [5, 5.41) is 9.41. The minimum absolute atomic E-state index is 0.201. The zero-order valence-corrected chi connectivity index (χ0v) is 10.5. The van der Waals surface area contributed by atoms with Crippen LogP contribution in [0, 0.1) is 0 Å². The van der Waals surface area contributed by atoms with Gasteiger partial charge in [-0.1, -0.05) is 12.1 Å². The molecule has 0 aliphatic carbocycles. The third kappa shape index (κ3) is 2.66. The SMILES string of the molecule is CNS(=O)(=O)c1ccccc1NCc1ncn[nH]1. The van der Waals surface area contributed by atoms with E-state index in [0.717, 1.165) is 0 Å². The molecule has 0 amide bonds. The van der Waals surface area contributed by atoms with Crippen LogP contribution >= 0.6 is 0 Å². The van der Waals surface area contributed by atoms with E-state index in [0.29, 0.717) is 18.1 Å². The first-order valence-corrected chi connectivity index (χ1v) is 6.72. The fraction of sp³-hybridized carbons (Fsp3) is 0.200. The van der Waals surface area contributed by atoms with E-state index in [1.165, 1.54) is 19.4 Å². The van der Waals surface area contributed by atoms with Gasteiger partial charge in [-0.2, -0.15) is 5.10 Å². The quantitative estimate of drug-likeness (QED) is 0.724. The molecule has 0 unspecified atom stereocenters. The van der Waals surface area contributed by atoms with Crippen LogP contribution in [-0.4, -0.2) is 30.6 Å². The number of sulfonamides is 1. The number of benzene rings is 1. The molecule has 1 aromatic carbocycles. The molecule has 18 heavy (non-hydrogen) atoms. The normalized spacial score (nSPS) is 11.4. The summed E-state index contributed by atoms with van der Waals surface area (Å²) in [6.07, 6.45) is 1.40. The Hall–Kier alpha value is -1.93. The predicted molar refractivity (Wildman–Crippen MR) is 66.4 cm³/mol. The molecular formula is C10H13N5O2S. The minimum Gasteiger partial charge on any atom is -0.377 e. The molecule has 0 atom stereocenters. The number of hydrogen-bond acceptors (Lipinski definition) is 5. The Morgan fingerprint density at radius 1 is 1.33 bits per heavy atom. The summed E-state index contributed by atoms with van der Waals surface area (Å²) in [6, 6.07) is 6.66. The largest absolute Gasteiger partial charge is 0.377 e. The van der Waals surface area contributed by atoms with Crippen molar-refractivity contribution in [3.63, 3.8) is 0 Å². The number of nitrogens with one attached hydrogen (secondary N) is 3. The maximum atomic E-state index is 11.8. The van der Waals surface area contributed by atoms with Crippen molar-refractivity contribution in [3.8, 4) is 0 Å². The smallest absolute Gasteiger partial charge is 0.242 e. The summed E-state index contributed by atoms with van der Waals surface area (Å²) >= 11 is 0. The van der Waals surface area contributed by atoms with Crippen LogP contribution in [0.5, 0.6) is 0 Å². The first-order chi connectivity index (χ1) is 8.63. The number of para-hydroxylation sites is 1. The summed E-state index contributed by atoms with van der Waals surface area (Å²) in [5.74, 6) is 0.631. The minimum atomic E-state index is -3.48. The molecule has 0 bridgehead atoms. The number of aromatic nitrogens is 3. The van der Waals surface area contributed by atoms with Gasteiger partial charge >= 0.3 is 0 Å². The Morgan fingerprint density at radius 3 is 2.78 bits per heavy atom. The van der Waals surface area contributed by atoms with Gasteiger partial charge < -0.3 is 5.32 Å². The topological polar surface area (TPSA) is 99.8 Å². The summed E-state index contributed by atoms with van der Waals surface area (Å²) in [4.78, 5) is 4.15. The standard InChI is InChI=1S/C10H13N5O2S/c1-11-18(16,17)9-5-3-2-4-8(9)12-6-10-13-7-14-15-10/h2-5,7,11-12H,6H2,1H3,(H,13,14,15). The number of hydrogen-bond donors (Lipinski definition) is 3. The highest BCUT2D eigenvalue weighted by Gasteiger charge is 2.15. The van der Waals surface area contributed by atoms with Crippen LogP contribution in [0.1, 0.15) is 5.82 Å². The number of anilines is 1. The van der Waals surface area contributed by atoms with E-state index >= 15 is 0 Å². The third-order valence-electron chi connectivity index (χ3n) is 2.36. The van der Waals surface area contributed by atoms with Crippen LogP contribution in [0.3, 0.4) is 0 Å². The van der Waals surface area contributed by atoms with Crippen molar-refractivity contribution in [2.24, 2.45) is 0 Å². The van der Waals surface area contributed by atoms with E-state index in [1.807, 2.05) is 0 Å². The molecule has 96 valence electrons. The average Bonchev–Trinajstić information content (AvgIpc) is 2.90. The maximum Gasteiger partial charge on any atom is 0.242 e. The molecule has 0 aliphatic heterocycles. The third-order valence-corrected chi connectivity index (χ3v) is 3.83. The predicted octanol–water partition coefficient (Wildman–Crippen LogP) is 0.325. The second-order valence-corrected chi connectivity index (χ2v) is 5.34. The van der Waals surface area contributed by atoms with E-state index in [9.17, 15) is 8.42 Å². The molecule has 0 saturated heterocycles. The van der Waals surface area contributed by atoms with Crippen LogP contribution in [0.15, 0.2) is 35.5 Å². The van der Waals surface area contributed by atoms with Gasteiger partial charge in [0.15, 0.2) is 0 Å². The number of nitrogens with zero attached hydrogens (tertiary/aromatic N) is 2. The van der Waals surface area contributed by atoms with Gasteiger partial charge in [0.05, 0.1) is 12.2 Å². The molecule has 0 radical (unpaired) electrons. The molecule has 8 heteroatoms. The molecule has 2 aromatic rings. The van der Waals surface area contributed by atoms with Crippen molar-refractivity contribution in [1.82, 2.24) is 19.9 Å². The van der Waals surface area contributed by atoms with Crippen molar-refractivity contribution in [2.45, 2.75) is 11.4 Å². The van der Waals surface area contributed by atoms with E-state index < -0.39 is 10.0 Å². The maximum absolute atomic E-state index is 11.8. The number of aromatic amines is 1. The number of H-pyrrole nitrogens is 1. The highest BCUT2D eigenvalue weighted by atomic mass is 32.2. The van der Waals surface area contributed by atoms with Crippen LogP contribution < -0.4 is 10.0 Å². The summed E-state index contributed by atoms with van der Waals surface area (Å²) in [7, 11) is -2.10. The van der Waals surface area contributed by atoms with Crippen molar-refractivity contribution >= 4 is 15.7 Å². The lowest BCUT2D eigenvalue weighted by molar-refractivity contribution is 0.588. The van der Waals surface area contributed by atoms with E-state index in [-0.39, 0.29) is 4.90 Å². The van der Waals surface area contributed by atoms with Gasteiger partial charge in [0.2, 0.25) is 10.0 Å². The molecule has 1 aromatic heterocycles. The van der Waals surface area contributed by atoms with Crippen molar-refractivity contribution in [1.29, 1.82) is 0 Å². The Morgan fingerprint density at radius 2 is 2.11 bits per heavy atom. The Bertz CT molecular complexity index is 609. The monoisotopic (exact) mass is 267 g/mol. The second kappa shape index (κ2) is 5.15. The van der Waals surface area contributed by atoms with Crippen molar-refractivity contribution < 1.29 is 8.42 Å².